The Morgan fingerprint density at radius 1 is 1.33 bits per heavy atom. The zero-order chi connectivity index (χ0) is 6.27. The summed E-state index contributed by atoms with van der Waals surface area (Å²) in [6, 6.07) is 0.434. The maximum Gasteiger partial charge on any atom is 0.0580 e. The summed E-state index contributed by atoms with van der Waals surface area (Å²) in [6.07, 6.45) is 4.16. The van der Waals surface area contributed by atoms with E-state index in [0.717, 1.165) is 6.61 Å². The van der Waals surface area contributed by atoms with Gasteiger partial charge in [-0.05, 0) is 25.2 Å². The predicted molar refractivity (Wildman–Crippen MR) is 35.1 cm³/mol. The van der Waals surface area contributed by atoms with Gasteiger partial charge in [-0.25, -0.2) is 0 Å². The summed E-state index contributed by atoms with van der Waals surface area (Å²) in [5.74, 6) is 0.684. The fourth-order valence-corrected chi connectivity index (χ4v) is 1.85. The molecule has 2 bridgehead atoms. The van der Waals surface area contributed by atoms with Crippen LogP contribution in [0.4, 0.5) is 0 Å². The van der Waals surface area contributed by atoms with Crippen LogP contribution in [0.15, 0.2) is 0 Å². The molecule has 0 aromatic carbocycles. The van der Waals surface area contributed by atoms with E-state index in [1.807, 2.05) is 0 Å². The Kier molecular flexibility index (Phi) is 1.24. The molecule has 2 aliphatic rings. The van der Waals surface area contributed by atoms with Gasteiger partial charge in [-0.15, -0.1) is 0 Å². The lowest BCUT2D eigenvalue weighted by Crippen LogP contribution is -2.33. The second kappa shape index (κ2) is 1.96. The molecule has 0 aromatic rings. The summed E-state index contributed by atoms with van der Waals surface area (Å²) in [6.45, 7) is 0.922. The molecule has 3 atom stereocenters. The quantitative estimate of drug-likeness (QED) is 0.514. The van der Waals surface area contributed by atoms with Gasteiger partial charge in [0, 0.05) is 6.04 Å². The van der Waals surface area contributed by atoms with Gasteiger partial charge in [0.25, 0.3) is 0 Å². The Labute approximate surface area is 55.4 Å². The molecular weight excluding hydrogens is 114 g/mol. The van der Waals surface area contributed by atoms with E-state index in [1.165, 1.54) is 19.3 Å². The van der Waals surface area contributed by atoms with Crippen molar-refractivity contribution in [2.45, 2.75) is 31.4 Å². The molecule has 2 rings (SSSR count). The predicted octanol–water partition coefficient (Wildman–Crippen LogP) is 0.513. The minimum absolute atomic E-state index is 0.434. The normalized spacial score (nSPS) is 49.7. The molecule has 0 aromatic heterocycles. The van der Waals surface area contributed by atoms with Gasteiger partial charge in [-0.2, -0.15) is 0 Å². The molecule has 2 heteroatoms. The lowest BCUT2D eigenvalue weighted by molar-refractivity contribution is 0.107. The number of hydrogen-bond donors (Lipinski definition) is 1. The molecule has 0 spiro atoms. The van der Waals surface area contributed by atoms with Crippen LogP contribution >= 0.6 is 0 Å². The number of nitrogens with two attached hydrogens (primary N) is 1. The highest BCUT2D eigenvalue weighted by Crippen LogP contribution is 2.31. The first kappa shape index (κ1) is 5.69. The first-order valence-corrected chi connectivity index (χ1v) is 3.73. The Balaban J connectivity index is 2.05. The molecule has 9 heavy (non-hydrogen) atoms. The Morgan fingerprint density at radius 3 is 3.00 bits per heavy atom. The number of ether oxygens (including phenoxy) is 1. The van der Waals surface area contributed by atoms with Crippen LogP contribution in [-0.4, -0.2) is 18.8 Å². The second-order valence-electron chi connectivity index (χ2n) is 3.19. The first-order valence-electron chi connectivity index (χ1n) is 3.73. The van der Waals surface area contributed by atoms with Gasteiger partial charge in [0.15, 0.2) is 0 Å². The molecule has 1 aliphatic carbocycles. The van der Waals surface area contributed by atoms with Crippen LogP contribution in [0.5, 0.6) is 0 Å². The Bertz CT molecular complexity index is 115. The third kappa shape index (κ3) is 0.864. The van der Waals surface area contributed by atoms with Crippen molar-refractivity contribution in [2.75, 3.05) is 6.61 Å². The minimum atomic E-state index is 0.434. The highest BCUT2D eigenvalue weighted by molar-refractivity contribution is 4.87. The summed E-state index contributed by atoms with van der Waals surface area (Å²) in [7, 11) is 0. The minimum Gasteiger partial charge on any atom is -0.378 e. The SMILES string of the molecule is NC1CCC2CC1CO2. The van der Waals surface area contributed by atoms with Crippen LogP contribution in [0.1, 0.15) is 19.3 Å². The summed E-state index contributed by atoms with van der Waals surface area (Å²) < 4.78 is 5.47. The van der Waals surface area contributed by atoms with Crippen molar-refractivity contribution in [2.24, 2.45) is 11.7 Å². The van der Waals surface area contributed by atoms with Crippen LogP contribution < -0.4 is 5.73 Å². The van der Waals surface area contributed by atoms with Gasteiger partial charge in [-0.3, -0.25) is 0 Å². The average Bonchev–Trinajstić information content (AvgIpc) is 2.25. The van der Waals surface area contributed by atoms with Crippen LogP contribution in [0.25, 0.3) is 0 Å². The second-order valence-corrected chi connectivity index (χ2v) is 3.19. The highest BCUT2D eigenvalue weighted by atomic mass is 16.5. The van der Waals surface area contributed by atoms with Gasteiger partial charge in [0.05, 0.1) is 12.7 Å². The summed E-state index contributed by atoms with van der Waals surface area (Å²) >= 11 is 0. The zero-order valence-electron chi connectivity index (χ0n) is 5.55. The monoisotopic (exact) mass is 127 g/mol. The summed E-state index contributed by atoms with van der Waals surface area (Å²) in [5.41, 5.74) is 5.84. The van der Waals surface area contributed by atoms with E-state index in [9.17, 15) is 0 Å². The standard InChI is InChI=1S/C7H13NO/c8-7-2-1-6-3-5(7)4-9-6/h5-7H,1-4,8H2. The molecule has 1 heterocycles. The third-order valence-electron chi connectivity index (χ3n) is 2.54. The van der Waals surface area contributed by atoms with Crippen molar-refractivity contribution in [3.05, 3.63) is 0 Å². The molecule has 2 N–H and O–H groups in total. The van der Waals surface area contributed by atoms with Gasteiger partial charge >= 0.3 is 0 Å². The zero-order valence-corrected chi connectivity index (χ0v) is 5.55. The largest absolute Gasteiger partial charge is 0.378 e. The van der Waals surface area contributed by atoms with Gasteiger partial charge < -0.3 is 10.5 Å². The molecule has 2 fully saturated rings. The van der Waals surface area contributed by atoms with Crippen molar-refractivity contribution in [1.29, 1.82) is 0 Å². The Morgan fingerprint density at radius 2 is 2.22 bits per heavy atom. The van der Waals surface area contributed by atoms with Crippen LogP contribution in [0.2, 0.25) is 0 Å². The number of hydrogen-bond acceptors (Lipinski definition) is 2. The molecule has 0 radical (unpaired) electrons. The summed E-state index contributed by atoms with van der Waals surface area (Å²) in [5, 5.41) is 0. The maximum atomic E-state index is 5.84. The molecule has 1 saturated carbocycles. The first-order chi connectivity index (χ1) is 4.36. The smallest absolute Gasteiger partial charge is 0.0580 e. The molecule has 2 nitrogen and oxygen atoms in total. The van der Waals surface area contributed by atoms with Crippen molar-refractivity contribution < 1.29 is 4.74 Å². The van der Waals surface area contributed by atoms with E-state index in [2.05, 4.69) is 0 Å². The van der Waals surface area contributed by atoms with Crippen LogP contribution in [-0.2, 0) is 4.74 Å². The number of rotatable bonds is 0. The van der Waals surface area contributed by atoms with Crippen molar-refractivity contribution in [1.82, 2.24) is 0 Å². The molecule has 52 valence electrons. The number of fused-ring (bicyclic) bond motifs is 2. The summed E-state index contributed by atoms with van der Waals surface area (Å²) in [4.78, 5) is 0. The molecular formula is C7H13NO. The Hall–Kier alpha value is -0.0800. The van der Waals surface area contributed by atoms with Gasteiger partial charge in [-0.1, -0.05) is 0 Å². The van der Waals surface area contributed by atoms with E-state index < -0.39 is 0 Å². The van der Waals surface area contributed by atoms with E-state index in [1.54, 1.807) is 0 Å². The van der Waals surface area contributed by atoms with Crippen molar-refractivity contribution in [3.8, 4) is 0 Å². The third-order valence-corrected chi connectivity index (χ3v) is 2.54. The van der Waals surface area contributed by atoms with Crippen molar-refractivity contribution >= 4 is 0 Å². The molecule has 1 aliphatic heterocycles. The lowest BCUT2D eigenvalue weighted by Gasteiger charge is -2.22. The highest BCUT2D eigenvalue weighted by Gasteiger charge is 2.34. The van der Waals surface area contributed by atoms with Crippen LogP contribution in [0.3, 0.4) is 0 Å². The van der Waals surface area contributed by atoms with E-state index >= 15 is 0 Å². The van der Waals surface area contributed by atoms with Gasteiger partial charge in [0.2, 0.25) is 0 Å². The van der Waals surface area contributed by atoms with E-state index in [-0.39, 0.29) is 0 Å². The van der Waals surface area contributed by atoms with E-state index in [0.29, 0.717) is 18.1 Å². The molecule has 3 unspecified atom stereocenters. The van der Waals surface area contributed by atoms with Crippen molar-refractivity contribution in [3.63, 3.8) is 0 Å². The molecule has 0 amide bonds. The maximum absolute atomic E-state index is 5.84. The fraction of sp³-hybridized carbons (Fsp3) is 1.00. The molecule has 1 saturated heterocycles. The topological polar surface area (TPSA) is 35.2 Å². The lowest BCUT2D eigenvalue weighted by atomic mass is 9.86. The van der Waals surface area contributed by atoms with E-state index in [4.69, 9.17) is 10.5 Å². The van der Waals surface area contributed by atoms with Crippen LogP contribution in [0, 0.1) is 5.92 Å². The fourth-order valence-electron chi connectivity index (χ4n) is 1.85. The average molecular weight is 127 g/mol. The van der Waals surface area contributed by atoms with Gasteiger partial charge in [0.1, 0.15) is 0 Å².